The van der Waals surface area contributed by atoms with Crippen LogP contribution in [0.4, 0.5) is 9.52 Å². The largest absolute Gasteiger partial charge is 0.345 e. The van der Waals surface area contributed by atoms with Crippen molar-refractivity contribution in [3.8, 4) is 5.69 Å². The molecule has 0 saturated heterocycles. The third-order valence-corrected chi connectivity index (χ3v) is 6.82. The van der Waals surface area contributed by atoms with Crippen molar-refractivity contribution in [2.75, 3.05) is 11.1 Å². The summed E-state index contributed by atoms with van der Waals surface area (Å²) in [5.74, 6) is -0.592. The van der Waals surface area contributed by atoms with Gasteiger partial charge in [0.2, 0.25) is 5.91 Å². The molecule has 4 rings (SSSR count). The van der Waals surface area contributed by atoms with Crippen LogP contribution in [0, 0.1) is 5.82 Å². The number of hydrogen-bond donors (Lipinski definition) is 2. The van der Waals surface area contributed by atoms with Gasteiger partial charge in [-0.25, -0.2) is 9.37 Å². The van der Waals surface area contributed by atoms with Crippen molar-refractivity contribution in [2.45, 2.75) is 11.7 Å². The lowest BCUT2D eigenvalue weighted by atomic mass is 10.2. The highest BCUT2D eigenvalue weighted by Gasteiger charge is 2.18. The third-order valence-electron chi connectivity index (χ3n) is 4.38. The van der Waals surface area contributed by atoms with Crippen LogP contribution in [0.2, 0.25) is 5.02 Å². The van der Waals surface area contributed by atoms with Crippen molar-refractivity contribution in [3.05, 3.63) is 80.7 Å². The van der Waals surface area contributed by atoms with Gasteiger partial charge in [-0.05, 0) is 42.5 Å². The van der Waals surface area contributed by atoms with Crippen molar-refractivity contribution in [1.82, 2.24) is 25.1 Å². The van der Waals surface area contributed by atoms with Crippen molar-refractivity contribution in [1.29, 1.82) is 0 Å². The minimum absolute atomic E-state index is 0.0257. The summed E-state index contributed by atoms with van der Waals surface area (Å²) in [5, 5.41) is 16.8. The number of amides is 2. The highest BCUT2D eigenvalue weighted by Crippen LogP contribution is 2.24. The summed E-state index contributed by atoms with van der Waals surface area (Å²) >= 11 is 11.9. The molecule has 4 aromatic rings. The van der Waals surface area contributed by atoms with Gasteiger partial charge in [-0.2, -0.15) is 0 Å². The number of thiazole rings is 1. The Morgan fingerprint density at radius 3 is 2.71 bits per heavy atom. The van der Waals surface area contributed by atoms with E-state index in [1.165, 1.54) is 23.5 Å². The lowest BCUT2D eigenvalue weighted by Gasteiger charge is -2.11. The van der Waals surface area contributed by atoms with Gasteiger partial charge in [-0.3, -0.25) is 14.2 Å². The summed E-state index contributed by atoms with van der Waals surface area (Å²) in [6, 6.07) is 10.7. The molecular formula is C21H15BrClFN6O2S2. The van der Waals surface area contributed by atoms with Gasteiger partial charge in [0, 0.05) is 21.7 Å². The van der Waals surface area contributed by atoms with Crippen LogP contribution in [0.25, 0.3) is 5.69 Å². The van der Waals surface area contributed by atoms with Crippen LogP contribution in [0.5, 0.6) is 0 Å². The Morgan fingerprint density at radius 2 is 1.97 bits per heavy atom. The van der Waals surface area contributed by atoms with E-state index in [2.05, 4.69) is 41.7 Å². The van der Waals surface area contributed by atoms with Gasteiger partial charge in [0.1, 0.15) is 5.82 Å². The van der Waals surface area contributed by atoms with E-state index in [1.54, 1.807) is 46.5 Å². The fourth-order valence-electron chi connectivity index (χ4n) is 2.85. The van der Waals surface area contributed by atoms with Crippen LogP contribution < -0.4 is 10.6 Å². The molecule has 0 radical (unpaired) electrons. The van der Waals surface area contributed by atoms with E-state index in [0.29, 0.717) is 36.9 Å². The number of halogens is 3. The molecule has 0 unspecified atom stereocenters. The van der Waals surface area contributed by atoms with E-state index in [4.69, 9.17) is 11.6 Å². The van der Waals surface area contributed by atoms with Crippen LogP contribution in [0.1, 0.15) is 16.2 Å². The standard InChI is InChI=1S/C21H15BrClFN6O2S2/c22-12-1-6-16(23)15(9-12)19(32)26-10-17-28-29-21(30(17)14-4-2-13(24)3-5-14)34-11-18(31)27-20-25-7-8-33-20/h1-9H,10-11H2,(H,26,32)(H,25,27,31). The van der Waals surface area contributed by atoms with Gasteiger partial charge in [0.25, 0.3) is 5.91 Å². The molecule has 0 fully saturated rings. The Balaban J connectivity index is 1.52. The molecule has 34 heavy (non-hydrogen) atoms. The van der Waals surface area contributed by atoms with Gasteiger partial charge in [-0.15, -0.1) is 21.5 Å². The van der Waals surface area contributed by atoms with E-state index >= 15 is 0 Å². The van der Waals surface area contributed by atoms with Crippen molar-refractivity contribution in [2.24, 2.45) is 0 Å². The molecule has 8 nitrogen and oxygen atoms in total. The van der Waals surface area contributed by atoms with Gasteiger partial charge in [0.05, 0.1) is 22.9 Å². The molecular weight excluding hydrogens is 567 g/mol. The molecule has 0 atom stereocenters. The van der Waals surface area contributed by atoms with Gasteiger partial charge in [0.15, 0.2) is 16.1 Å². The zero-order valence-electron chi connectivity index (χ0n) is 17.2. The predicted molar refractivity (Wildman–Crippen MR) is 133 cm³/mol. The average molecular weight is 582 g/mol. The second-order valence-corrected chi connectivity index (χ2v) is 9.85. The molecule has 2 N–H and O–H groups in total. The molecule has 0 spiro atoms. The van der Waals surface area contributed by atoms with E-state index in [0.717, 1.165) is 11.8 Å². The third kappa shape index (κ3) is 6.00. The molecule has 0 aliphatic carbocycles. The van der Waals surface area contributed by atoms with Crippen LogP contribution in [-0.2, 0) is 11.3 Å². The van der Waals surface area contributed by atoms with Gasteiger partial charge < -0.3 is 10.6 Å². The van der Waals surface area contributed by atoms with Gasteiger partial charge >= 0.3 is 0 Å². The number of hydrogen-bond acceptors (Lipinski definition) is 7. The summed E-state index contributed by atoms with van der Waals surface area (Å²) < 4.78 is 15.9. The number of anilines is 1. The number of carbonyl (C=O) groups excluding carboxylic acids is 2. The van der Waals surface area contributed by atoms with Crippen LogP contribution >= 0.6 is 50.6 Å². The van der Waals surface area contributed by atoms with Crippen molar-refractivity contribution in [3.63, 3.8) is 0 Å². The van der Waals surface area contributed by atoms with E-state index < -0.39 is 11.7 Å². The normalized spacial score (nSPS) is 10.8. The Kier molecular flexibility index (Phi) is 7.93. The second kappa shape index (κ2) is 11.1. The number of carbonyl (C=O) groups is 2. The SMILES string of the molecule is O=C(CSc1nnc(CNC(=O)c2cc(Br)ccc2Cl)n1-c1ccc(F)cc1)Nc1nccs1. The Morgan fingerprint density at radius 1 is 1.18 bits per heavy atom. The van der Waals surface area contributed by atoms with E-state index in [9.17, 15) is 14.0 Å². The lowest BCUT2D eigenvalue weighted by Crippen LogP contribution is -2.25. The summed E-state index contributed by atoms with van der Waals surface area (Å²) in [6.45, 7) is 0.0257. The fourth-order valence-corrected chi connectivity index (χ4v) is 4.73. The smallest absolute Gasteiger partial charge is 0.253 e. The van der Waals surface area contributed by atoms with Crippen LogP contribution in [0.15, 0.2) is 63.7 Å². The Hall–Kier alpha value is -2.80. The minimum atomic E-state index is -0.395. The fraction of sp³-hybridized carbons (Fsp3) is 0.0952. The molecule has 0 bridgehead atoms. The summed E-state index contributed by atoms with van der Waals surface area (Å²) in [6.07, 6.45) is 1.60. The molecule has 0 aliphatic heterocycles. The number of nitrogens with one attached hydrogen (secondary N) is 2. The average Bonchev–Trinajstić information content (AvgIpc) is 3.48. The molecule has 2 amide bonds. The maximum atomic E-state index is 13.5. The first-order valence-corrected chi connectivity index (χ1v) is 12.7. The van der Waals surface area contributed by atoms with Crippen molar-refractivity contribution < 1.29 is 14.0 Å². The monoisotopic (exact) mass is 580 g/mol. The van der Waals surface area contributed by atoms with Crippen LogP contribution in [0.3, 0.4) is 0 Å². The first kappa shape index (κ1) is 24.3. The quantitative estimate of drug-likeness (QED) is 0.286. The van der Waals surface area contributed by atoms with Crippen LogP contribution in [-0.4, -0.2) is 37.3 Å². The number of aromatic nitrogens is 4. The first-order valence-electron chi connectivity index (χ1n) is 9.66. The highest BCUT2D eigenvalue weighted by atomic mass is 79.9. The highest BCUT2D eigenvalue weighted by molar-refractivity contribution is 9.10. The molecule has 2 heterocycles. The van der Waals surface area contributed by atoms with E-state index in [-0.39, 0.29) is 18.2 Å². The Labute approximate surface area is 215 Å². The maximum absolute atomic E-state index is 13.5. The summed E-state index contributed by atoms with van der Waals surface area (Å²) in [4.78, 5) is 29.0. The predicted octanol–water partition coefficient (Wildman–Crippen LogP) is 4.94. The first-order chi connectivity index (χ1) is 16.4. The minimum Gasteiger partial charge on any atom is -0.345 e. The number of rotatable bonds is 8. The number of thioether (sulfide) groups is 1. The molecule has 13 heteroatoms. The molecule has 2 aromatic heterocycles. The summed E-state index contributed by atoms with van der Waals surface area (Å²) in [5.41, 5.74) is 0.885. The number of nitrogens with zero attached hydrogens (tertiary/aromatic N) is 4. The van der Waals surface area contributed by atoms with Crippen molar-refractivity contribution >= 4 is 67.6 Å². The van der Waals surface area contributed by atoms with E-state index in [1.807, 2.05) is 0 Å². The zero-order valence-corrected chi connectivity index (χ0v) is 21.1. The second-order valence-electron chi connectivity index (χ2n) is 6.69. The lowest BCUT2D eigenvalue weighted by molar-refractivity contribution is -0.113. The molecule has 0 saturated carbocycles. The zero-order chi connectivity index (χ0) is 24.1. The maximum Gasteiger partial charge on any atom is 0.253 e. The Bertz CT molecular complexity index is 1320. The number of benzene rings is 2. The molecule has 0 aliphatic rings. The molecule has 174 valence electrons. The molecule has 2 aromatic carbocycles. The van der Waals surface area contributed by atoms with Gasteiger partial charge in [-0.1, -0.05) is 39.3 Å². The summed E-state index contributed by atoms with van der Waals surface area (Å²) in [7, 11) is 0. The topological polar surface area (TPSA) is 102 Å².